The molecule has 2 aromatic carbocycles. The summed E-state index contributed by atoms with van der Waals surface area (Å²) in [6, 6.07) is 16.4. The summed E-state index contributed by atoms with van der Waals surface area (Å²) in [5.74, 6) is 1.87. The molecule has 0 bridgehead atoms. The smallest absolute Gasteiger partial charge is 0.253 e. The van der Waals surface area contributed by atoms with E-state index in [0.717, 1.165) is 69.6 Å². The molecule has 37 heavy (non-hydrogen) atoms. The van der Waals surface area contributed by atoms with Crippen molar-refractivity contribution in [2.45, 2.75) is 51.5 Å². The zero-order chi connectivity index (χ0) is 25.8. The molecule has 5 rings (SSSR count). The highest BCUT2D eigenvalue weighted by atomic mass is 16.5. The normalized spacial score (nSPS) is 22.0. The van der Waals surface area contributed by atoms with Gasteiger partial charge in [0.1, 0.15) is 5.75 Å². The summed E-state index contributed by atoms with van der Waals surface area (Å²) < 4.78 is 5.62. The lowest BCUT2D eigenvalue weighted by Gasteiger charge is -2.41. The van der Waals surface area contributed by atoms with Gasteiger partial charge in [-0.25, -0.2) is 4.90 Å². The first-order valence-corrected chi connectivity index (χ1v) is 13.7. The van der Waals surface area contributed by atoms with Gasteiger partial charge in [-0.15, -0.1) is 0 Å². The molecule has 0 saturated carbocycles. The molecule has 1 atom stereocenters. The van der Waals surface area contributed by atoms with E-state index in [1.54, 1.807) is 12.1 Å². The second kappa shape index (κ2) is 11.5. The van der Waals surface area contributed by atoms with E-state index in [1.807, 2.05) is 47.4 Å². The van der Waals surface area contributed by atoms with E-state index in [4.69, 9.17) is 4.74 Å². The third-order valence-electron chi connectivity index (χ3n) is 8.22. The van der Waals surface area contributed by atoms with Crippen LogP contribution < -0.4 is 9.64 Å². The van der Waals surface area contributed by atoms with Gasteiger partial charge in [-0.1, -0.05) is 25.1 Å². The van der Waals surface area contributed by atoms with Crippen molar-refractivity contribution < 1.29 is 19.1 Å². The number of amides is 3. The van der Waals surface area contributed by atoms with E-state index in [-0.39, 0.29) is 30.2 Å². The average molecular weight is 504 g/mol. The maximum Gasteiger partial charge on any atom is 0.253 e. The molecule has 1 unspecified atom stereocenters. The Morgan fingerprint density at radius 1 is 0.865 bits per heavy atom. The Balaban J connectivity index is 1.11. The molecule has 2 aromatic rings. The third-order valence-corrected chi connectivity index (χ3v) is 8.22. The molecule has 7 heteroatoms. The van der Waals surface area contributed by atoms with Crippen molar-refractivity contribution >= 4 is 23.4 Å². The highest BCUT2D eigenvalue weighted by molar-refractivity contribution is 6.22. The van der Waals surface area contributed by atoms with Gasteiger partial charge < -0.3 is 9.64 Å². The van der Waals surface area contributed by atoms with Crippen molar-refractivity contribution in [2.24, 2.45) is 11.8 Å². The van der Waals surface area contributed by atoms with Crippen molar-refractivity contribution in [1.82, 2.24) is 9.80 Å². The molecular weight excluding hydrogens is 466 g/mol. The first kappa shape index (κ1) is 25.5. The predicted molar refractivity (Wildman–Crippen MR) is 142 cm³/mol. The number of rotatable bonds is 7. The van der Waals surface area contributed by atoms with E-state index in [1.165, 1.54) is 4.90 Å². The summed E-state index contributed by atoms with van der Waals surface area (Å²) >= 11 is 0. The summed E-state index contributed by atoms with van der Waals surface area (Å²) in [7, 11) is 0. The van der Waals surface area contributed by atoms with Gasteiger partial charge in [-0.05, 0) is 93.4 Å². The zero-order valence-electron chi connectivity index (χ0n) is 21.7. The molecule has 0 aromatic heterocycles. The van der Waals surface area contributed by atoms with Crippen molar-refractivity contribution in [3.8, 4) is 5.75 Å². The van der Waals surface area contributed by atoms with Gasteiger partial charge in [0.15, 0.2) is 0 Å². The summed E-state index contributed by atoms with van der Waals surface area (Å²) in [6.45, 7) is 6.00. The van der Waals surface area contributed by atoms with Crippen molar-refractivity contribution in [3.05, 3.63) is 60.2 Å². The molecule has 3 amide bonds. The van der Waals surface area contributed by atoms with E-state index in [9.17, 15) is 14.4 Å². The number of anilines is 1. The number of carbonyl (C=O) groups is 3. The molecule has 7 nitrogen and oxygen atoms in total. The topological polar surface area (TPSA) is 70.2 Å². The minimum absolute atomic E-state index is 0.113. The first-order chi connectivity index (χ1) is 18.0. The minimum atomic E-state index is -0.366. The van der Waals surface area contributed by atoms with Gasteiger partial charge in [0.05, 0.1) is 24.8 Å². The molecule has 0 aliphatic carbocycles. The number of hydrogen-bond acceptors (Lipinski definition) is 5. The summed E-state index contributed by atoms with van der Waals surface area (Å²) in [5.41, 5.74) is 1.38. The molecule has 0 N–H and O–H groups in total. The fourth-order valence-corrected chi connectivity index (χ4v) is 6.12. The molecule has 0 spiro atoms. The van der Waals surface area contributed by atoms with E-state index < -0.39 is 0 Å². The second-order valence-electron chi connectivity index (χ2n) is 10.5. The standard InChI is InChI=1S/C30H37N3O4/c1-2-20-37-26-10-8-25(9-11-26)33-28(34)21-27(30(33)36)31-16-12-22(13-17-31)23-14-18-32(19-15-23)29(35)24-6-4-3-5-7-24/h3-11,22-23,27H,2,12-21H2,1H3. The summed E-state index contributed by atoms with van der Waals surface area (Å²) in [4.78, 5) is 44.4. The number of hydrogen-bond donors (Lipinski definition) is 0. The largest absolute Gasteiger partial charge is 0.494 e. The van der Waals surface area contributed by atoms with Crippen LogP contribution in [0.1, 0.15) is 55.8 Å². The number of benzene rings is 2. The Morgan fingerprint density at radius 2 is 1.49 bits per heavy atom. The quantitative estimate of drug-likeness (QED) is 0.525. The molecule has 3 heterocycles. The van der Waals surface area contributed by atoms with Crippen LogP contribution in [0, 0.1) is 11.8 Å². The van der Waals surface area contributed by atoms with Gasteiger partial charge >= 0.3 is 0 Å². The highest BCUT2D eigenvalue weighted by Gasteiger charge is 2.44. The Labute approximate surface area is 219 Å². The van der Waals surface area contributed by atoms with Gasteiger partial charge in [-0.2, -0.15) is 0 Å². The lowest BCUT2D eigenvalue weighted by atomic mass is 9.78. The Kier molecular flexibility index (Phi) is 7.89. The lowest BCUT2D eigenvalue weighted by Crippen LogP contribution is -2.47. The average Bonchev–Trinajstić information content (AvgIpc) is 3.26. The van der Waals surface area contributed by atoms with Gasteiger partial charge in [0.25, 0.3) is 11.8 Å². The van der Waals surface area contributed by atoms with Crippen molar-refractivity contribution in [1.29, 1.82) is 0 Å². The van der Waals surface area contributed by atoms with Crippen LogP contribution in [0.15, 0.2) is 54.6 Å². The van der Waals surface area contributed by atoms with Crippen LogP contribution in [0.5, 0.6) is 5.75 Å². The Bertz CT molecular complexity index is 1090. The van der Waals surface area contributed by atoms with Crippen LogP contribution in [-0.2, 0) is 9.59 Å². The zero-order valence-corrected chi connectivity index (χ0v) is 21.7. The highest BCUT2D eigenvalue weighted by Crippen LogP contribution is 2.35. The Hall–Kier alpha value is -3.19. The predicted octanol–water partition coefficient (Wildman–Crippen LogP) is 4.37. The fourth-order valence-electron chi connectivity index (χ4n) is 6.12. The van der Waals surface area contributed by atoms with Crippen molar-refractivity contribution in [2.75, 3.05) is 37.7 Å². The third kappa shape index (κ3) is 5.57. The van der Waals surface area contributed by atoms with E-state index >= 15 is 0 Å². The monoisotopic (exact) mass is 503 g/mol. The molecule has 0 radical (unpaired) electrons. The number of carbonyl (C=O) groups excluding carboxylic acids is 3. The fraction of sp³-hybridized carbons (Fsp3) is 0.500. The first-order valence-electron chi connectivity index (χ1n) is 13.7. The number of imide groups is 1. The molecule has 3 aliphatic heterocycles. The summed E-state index contributed by atoms with van der Waals surface area (Å²) in [5, 5.41) is 0. The maximum atomic E-state index is 13.3. The van der Waals surface area contributed by atoms with Crippen LogP contribution in [0.25, 0.3) is 0 Å². The van der Waals surface area contributed by atoms with E-state index in [2.05, 4.69) is 11.8 Å². The molecule has 196 valence electrons. The van der Waals surface area contributed by atoms with Gasteiger partial charge in [-0.3, -0.25) is 19.3 Å². The number of piperidine rings is 2. The number of likely N-dealkylation sites (tertiary alicyclic amines) is 2. The number of nitrogens with zero attached hydrogens (tertiary/aromatic N) is 3. The van der Waals surface area contributed by atoms with Crippen LogP contribution in [-0.4, -0.2) is 66.3 Å². The SMILES string of the molecule is CCCOc1ccc(N2C(=O)CC(N3CCC(C4CCN(C(=O)c5ccccc5)CC4)CC3)C2=O)cc1. The van der Waals surface area contributed by atoms with Gasteiger partial charge in [0.2, 0.25) is 5.91 Å². The van der Waals surface area contributed by atoms with Crippen molar-refractivity contribution in [3.63, 3.8) is 0 Å². The Morgan fingerprint density at radius 3 is 2.11 bits per heavy atom. The number of ether oxygens (including phenoxy) is 1. The van der Waals surface area contributed by atoms with Crippen LogP contribution in [0.2, 0.25) is 0 Å². The molecular formula is C30H37N3O4. The van der Waals surface area contributed by atoms with Crippen LogP contribution >= 0.6 is 0 Å². The lowest BCUT2D eigenvalue weighted by molar-refractivity contribution is -0.123. The second-order valence-corrected chi connectivity index (χ2v) is 10.5. The summed E-state index contributed by atoms with van der Waals surface area (Å²) in [6.07, 6.45) is 5.33. The van der Waals surface area contributed by atoms with Crippen LogP contribution in [0.4, 0.5) is 5.69 Å². The van der Waals surface area contributed by atoms with Crippen LogP contribution in [0.3, 0.4) is 0 Å². The molecule has 3 saturated heterocycles. The molecule has 3 fully saturated rings. The van der Waals surface area contributed by atoms with E-state index in [0.29, 0.717) is 24.1 Å². The molecule has 3 aliphatic rings. The maximum absolute atomic E-state index is 13.3. The minimum Gasteiger partial charge on any atom is -0.494 e. The van der Waals surface area contributed by atoms with Gasteiger partial charge in [0, 0.05) is 18.7 Å².